The molecular formula is C18H22N6OS. The second-order valence-corrected chi connectivity index (χ2v) is 7.64. The van der Waals surface area contributed by atoms with Crippen molar-refractivity contribution in [3.05, 3.63) is 35.1 Å². The minimum absolute atomic E-state index is 0.0119. The van der Waals surface area contributed by atoms with E-state index in [2.05, 4.69) is 39.0 Å². The second-order valence-electron chi connectivity index (χ2n) is 6.73. The predicted molar refractivity (Wildman–Crippen MR) is 103 cm³/mol. The number of rotatable bonds is 4. The zero-order chi connectivity index (χ0) is 18.1. The van der Waals surface area contributed by atoms with Crippen LogP contribution in [0.4, 0.5) is 5.82 Å². The Morgan fingerprint density at radius 3 is 3.15 bits per heavy atom. The Morgan fingerprint density at radius 1 is 1.54 bits per heavy atom. The smallest absolute Gasteiger partial charge is 0.226 e. The first-order valence-electron chi connectivity index (χ1n) is 8.78. The van der Waals surface area contributed by atoms with E-state index in [1.54, 1.807) is 17.5 Å². The van der Waals surface area contributed by atoms with Crippen LogP contribution in [0.3, 0.4) is 0 Å². The fourth-order valence-corrected chi connectivity index (χ4v) is 4.20. The van der Waals surface area contributed by atoms with Gasteiger partial charge in [-0.05, 0) is 43.3 Å². The van der Waals surface area contributed by atoms with E-state index in [-0.39, 0.29) is 18.4 Å². The summed E-state index contributed by atoms with van der Waals surface area (Å²) in [6, 6.07) is 2.31. The molecule has 136 valence electrons. The van der Waals surface area contributed by atoms with Crippen molar-refractivity contribution < 1.29 is 4.79 Å². The van der Waals surface area contributed by atoms with Crippen LogP contribution in [0.1, 0.15) is 24.1 Å². The summed E-state index contributed by atoms with van der Waals surface area (Å²) >= 11 is 1.65. The molecule has 1 unspecified atom stereocenters. The van der Waals surface area contributed by atoms with Crippen molar-refractivity contribution in [2.24, 2.45) is 0 Å². The van der Waals surface area contributed by atoms with Gasteiger partial charge < -0.3 is 16.4 Å². The number of fused-ring (bicyclic) bond motifs is 1. The van der Waals surface area contributed by atoms with Crippen LogP contribution >= 0.6 is 11.3 Å². The molecule has 3 aromatic rings. The van der Waals surface area contributed by atoms with Crippen LogP contribution in [0.25, 0.3) is 16.2 Å². The number of nitrogen functional groups attached to an aromatic ring is 1. The number of piperidine rings is 1. The number of aryl methyl sites for hydroxylation is 1. The van der Waals surface area contributed by atoms with Crippen LogP contribution in [-0.2, 0) is 11.2 Å². The first-order chi connectivity index (χ1) is 12.6. The Morgan fingerprint density at radius 2 is 2.42 bits per heavy atom. The number of aromatic nitrogens is 3. The van der Waals surface area contributed by atoms with E-state index >= 15 is 0 Å². The molecule has 7 nitrogen and oxygen atoms in total. The molecule has 3 aromatic heterocycles. The summed E-state index contributed by atoms with van der Waals surface area (Å²) in [6.45, 7) is 3.91. The highest BCUT2D eigenvalue weighted by Crippen LogP contribution is 2.28. The largest absolute Gasteiger partial charge is 0.381 e. The average Bonchev–Trinajstić information content (AvgIpc) is 3.23. The fourth-order valence-electron chi connectivity index (χ4n) is 3.30. The molecule has 1 fully saturated rings. The van der Waals surface area contributed by atoms with E-state index in [4.69, 9.17) is 5.73 Å². The number of imidazole rings is 1. The predicted octanol–water partition coefficient (Wildman–Crippen LogP) is 1.76. The molecule has 0 saturated carbocycles. The number of nitrogens with zero attached hydrogens (tertiary/aromatic N) is 3. The molecule has 8 heteroatoms. The third-order valence-electron chi connectivity index (χ3n) is 4.56. The molecule has 1 atom stereocenters. The number of hydrogen-bond acceptors (Lipinski definition) is 6. The number of carbonyl (C=O) groups is 1. The summed E-state index contributed by atoms with van der Waals surface area (Å²) in [5, 5.41) is 8.48. The van der Waals surface area contributed by atoms with Gasteiger partial charge in [-0.3, -0.25) is 9.20 Å². The van der Waals surface area contributed by atoms with Gasteiger partial charge in [0.1, 0.15) is 0 Å². The molecule has 0 bridgehead atoms. The number of amides is 1. The van der Waals surface area contributed by atoms with Gasteiger partial charge in [0.15, 0.2) is 11.5 Å². The van der Waals surface area contributed by atoms with Gasteiger partial charge in [-0.25, -0.2) is 9.97 Å². The summed E-state index contributed by atoms with van der Waals surface area (Å²) < 4.78 is 1.93. The van der Waals surface area contributed by atoms with Crippen LogP contribution in [-0.4, -0.2) is 39.4 Å². The van der Waals surface area contributed by atoms with Gasteiger partial charge in [0.25, 0.3) is 0 Å². The first kappa shape index (κ1) is 17.0. The number of nitrogens with one attached hydrogen (secondary N) is 2. The zero-order valence-corrected chi connectivity index (χ0v) is 15.5. The normalized spacial score (nSPS) is 17.5. The monoisotopic (exact) mass is 370 g/mol. The van der Waals surface area contributed by atoms with E-state index in [0.717, 1.165) is 36.5 Å². The SMILES string of the molecule is Cc1csc(-c2cnc(N)c3nc(CC(=O)NC4CCCNC4)cn23)c1. The van der Waals surface area contributed by atoms with Gasteiger partial charge in [0, 0.05) is 18.8 Å². The van der Waals surface area contributed by atoms with E-state index in [0.29, 0.717) is 17.2 Å². The molecular weight excluding hydrogens is 348 g/mol. The van der Waals surface area contributed by atoms with Gasteiger partial charge >= 0.3 is 0 Å². The highest BCUT2D eigenvalue weighted by atomic mass is 32.1. The Kier molecular flexibility index (Phi) is 4.60. The van der Waals surface area contributed by atoms with E-state index in [9.17, 15) is 4.79 Å². The Balaban J connectivity index is 1.58. The summed E-state index contributed by atoms with van der Waals surface area (Å²) in [6.07, 6.45) is 5.98. The average molecular weight is 370 g/mol. The quantitative estimate of drug-likeness (QED) is 0.650. The molecule has 1 saturated heterocycles. The molecule has 1 aliphatic rings. The minimum Gasteiger partial charge on any atom is -0.381 e. The topological polar surface area (TPSA) is 97.3 Å². The highest BCUT2D eigenvalue weighted by molar-refractivity contribution is 7.13. The van der Waals surface area contributed by atoms with Crippen molar-refractivity contribution in [1.82, 2.24) is 25.0 Å². The van der Waals surface area contributed by atoms with Crippen molar-refractivity contribution in [2.45, 2.75) is 32.2 Å². The number of thiophene rings is 1. The summed E-state index contributed by atoms with van der Waals surface area (Å²) in [4.78, 5) is 22.3. The van der Waals surface area contributed by atoms with Crippen molar-refractivity contribution in [2.75, 3.05) is 18.8 Å². The summed E-state index contributed by atoms with van der Waals surface area (Å²) in [5.74, 6) is 0.354. The molecule has 0 aromatic carbocycles. The standard InChI is InChI=1S/C18H22N6OS/c1-11-5-15(26-10-11)14-8-21-17(19)18-23-13(9-24(14)18)6-16(25)22-12-3-2-4-20-7-12/h5,8-10,12,20H,2-4,6-7H2,1H3,(H2,19,21)(H,22,25). The maximum atomic E-state index is 12.4. The van der Waals surface area contributed by atoms with Crippen molar-refractivity contribution in [3.8, 4) is 10.6 Å². The molecule has 4 heterocycles. The van der Waals surface area contributed by atoms with Crippen LogP contribution < -0.4 is 16.4 Å². The molecule has 26 heavy (non-hydrogen) atoms. The highest BCUT2D eigenvalue weighted by Gasteiger charge is 2.18. The number of nitrogens with two attached hydrogens (primary N) is 1. The van der Waals surface area contributed by atoms with E-state index in [1.165, 1.54) is 5.56 Å². The Labute approximate surface area is 155 Å². The van der Waals surface area contributed by atoms with Gasteiger partial charge in [-0.2, -0.15) is 0 Å². The molecule has 1 aliphatic heterocycles. The lowest BCUT2D eigenvalue weighted by Crippen LogP contribution is -2.46. The Bertz CT molecular complexity index is 940. The lowest BCUT2D eigenvalue weighted by Gasteiger charge is -2.23. The summed E-state index contributed by atoms with van der Waals surface area (Å²) in [7, 11) is 0. The maximum absolute atomic E-state index is 12.4. The Hall–Kier alpha value is -2.45. The van der Waals surface area contributed by atoms with Crippen molar-refractivity contribution in [1.29, 1.82) is 0 Å². The molecule has 4 N–H and O–H groups in total. The first-order valence-corrected chi connectivity index (χ1v) is 9.66. The number of anilines is 1. The molecule has 0 spiro atoms. The summed E-state index contributed by atoms with van der Waals surface area (Å²) in [5.41, 5.74) is 9.43. The van der Waals surface area contributed by atoms with E-state index in [1.807, 2.05) is 10.6 Å². The van der Waals surface area contributed by atoms with Crippen LogP contribution in [0.2, 0.25) is 0 Å². The van der Waals surface area contributed by atoms with Crippen molar-refractivity contribution >= 4 is 28.7 Å². The van der Waals surface area contributed by atoms with Gasteiger partial charge in [0.05, 0.1) is 28.9 Å². The van der Waals surface area contributed by atoms with Crippen LogP contribution in [0.15, 0.2) is 23.8 Å². The molecule has 0 radical (unpaired) electrons. The maximum Gasteiger partial charge on any atom is 0.226 e. The van der Waals surface area contributed by atoms with Gasteiger partial charge in [-0.1, -0.05) is 0 Å². The van der Waals surface area contributed by atoms with Gasteiger partial charge in [-0.15, -0.1) is 11.3 Å². The number of carbonyl (C=O) groups excluding carboxylic acids is 1. The third kappa shape index (κ3) is 3.42. The third-order valence-corrected chi connectivity index (χ3v) is 5.63. The molecule has 1 amide bonds. The van der Waals surface area contributed by atoms with E-state index < -0.39 is 0 Å². The molecule has 4 rings (SSSR count). The number of hydrogen-bond donors (Lipinski definition) is 3. The molecule has 0 aliphatic carbocycles. The van der Waals surface area contributed by atoms with Crippen LogP contribution in [0, 0.1) is 6.92 Å². The second kappa shape index (κ2) is 7.05. The lowest BCUT2D eigenvalue weighted by atomic mass is 10.1. The zero-order valence-electron chi connectivity index (χ0n) is 14.7. The fraction of sp³-hybridized carbons (Fsp3) is 0.389. The van der Waals surface area contributed by atoms with Crippen LogP contribution in [0.5, 0.6) is 0 Å². The van der Waals surface area contributed by atoms with Crippen molar-refractivity contribution in [3.63, 3.8) is 0 Å². The minimum atomic E-state index is -0.0119. The lowest BCUT2D eigenvalue weighted by molar-refractivity contribution is -0.121. The van der Waals surface area contributed by atoms with Gasteiger partial charge in [0.2, 0.25) is 5.91 Å².